The summed E-state index contributed by atoms with van der Waals surface area (Å²) in [5, 5.41) is 4.49. The quantitative estimate of drug-likeness (QED) is 0.287. The predicted octanol–water partition coefficient (Wildman–Crippen LogP) is 7.92. The SMILES string of the molecule is C=C/C=c1\c(=C)oc2cc3c4ccc(Br)cc4n(C4=CC=CCC4)c3cc12.CC.CC. The monoisotopic (exact) mass is 475 g/mol. The number of halogens is 1. The van der Waals surface area contributed by atoms with Crippen LogP contribution in [0.5, 0.6) is 0 Å². The van der Waals surface area contributed by atoms with Crippen molar-refractivity contribution < 1.29 is 4.42 Å². The maximum atomic E-state index is 5.95. The third kappa shape index (κ3) is 4.07. The Kier molecular flexibility index (Phi) is 7.40. The lowest BCUT2D eigenvalue weighted by atomic mass is 10.1. The molecule has 1 aliphatic rings. The molecule has 0 radical (unpaired) electrons. The van der Waals surface area contributed by atoms with Gasteiger partial charge in [-0.25, -0.2) is 0 Å². The molecule has 0 aliphatic heterocycles. The van der Waals surface area contributed by atoms with Crippen LogP contribution in [0.1, 0.15) is 40.5 Å². The van der Waals surface area contributed by atoms with Crippen molar-refractivity contribution in [1.29, 1.82) is 0 Å². The van der Waals surface area contributed by atoms with Gasteiger partial charge in [-0.2, -0.15) is 0 Å². The minimum absolute atomic E-state index is 0.677. The van der Waals surface area contributed by atoms with Crippen molar-refractivity contribution in [3.05, 3.63) is 76.3 Å². The van der Waals surface area contributed by atoms with Crippen LogP contribution in [0, 0.1) is 0 Å². The lowest BCUT2D eigenvalue weighted by Crippen LogP contribution is -2.17. The highest BCUT2D eigenvalue weighted by Gasteiger charge is 2.17. The second kappa shape index (κ2) is 10.0. The van der Waals surface area contributed by atoms with Crippen molar-refractivity contribution in [1.82, 2.24) is 4.57 Å². The summed E-state index contributed by atoms with van der Waals surface area (Å²) in [6.45, 7) is 15.9. The zero-order valence-electron chi connectivity index (χ0n) is 18.8. The molecule has 2 heterocycles. The Hall–Kier alpha value is -2.78. The molecule has 0 spiro atoms. The van der Waals surface area contributed by atoms with Gasteiger partial charge in [0.2, 0.25) is 0 Å². The summed E-state index contributed by atoms with van der Waals surface area (Å²) >= 11 is 3.64. The molecular formula is C28H30BrNO. The first-order valence-corrected chi connectivity index (χ1v) is 11.8. The highest BCUT2D eigenvalue weighted by Crippen LogP contribution is 2.36. The largest absolute Gasteiger partial charge is 0.457 e. The highest BCUT2D eigenvalue weighted by atomic mass is 79.9. The van der Waals surface area contributed by atoms with Crippen molar-refractivity contribution in [3.63, 3.8) is 0 Å². The molecule has 1 aliphatic carbocycles. The number of rotatable bonds is 2. The topological polar surface area (TPSA) is 18.1 Å². The first-order chi connectivity index (χ1) is 15.2. The van der Waals surface area contributed by atoms with E-state index < -0.39 is 0 Å². The number of aromatic nitrogens is 1. The Labute approximate surface area is 192 Å². The summed E-state index contributed by atoms with van der Waals surface area (Å²) in [5.74, 6) is 0. The van der Waals surface area contributed by atoms with Gasteiger partial charge in [0, 0.05) is 31.5 Å². The molecule has 0 saturated carbocycles. The first kappa shape index (κ1) is 22.9. The minimum Gasteiger partial charge on any atom is -0.457 e. The zero-order chi connectivity index (χ0) is 22.5. The molecule has 0 saturated heterocycles. The lowest BCUT2D eigenvalue weighted by Gasteiger charge is -2.14. The number of hydrogen-bond acceptors (Lipinski definition) is 1. The number of allylic oxidation sites excluding steroid dienone is 5. The Morgan fingerprint density at radius 1 is 1.00 bits per heavy atom. The molecule has 3 heteroatoms. The summed E-state index contributed by atoms with van der Waals surface area (Å²) < 4.78 is 9.41. The van der Waals surface area contributed by atoms with Crippen molar-refractivity contribution in [2.75, 3.05) is 0 Å². The van der Waals surface area contributed by atoms with Crippen molar-refractivity contribution in [2.45, 2.75) is 40.5 Å². The highest BCUT2D eigenvalue weighted by molar-refractivity contribution is 9.10. The van der Waals surface area contributed by atoms with E-state index >= 15 is 0 Å². The third-order valence-corrected chi connectivity index (χ3v) is 5.71. The molecule has 0 bridgehead atoms. The first-order valence-electron chi connectivity index (χ1n) is 11.0. The smallest absolute Gasteiger partial charge is 0.136 e. The fourth-order valence-corrected chi connectivity index (χ4v) is 4.38. The average Bonchev–Trinajstić information content (AvgIpc) is 3.29. The average molecular weight is 476 g/mol. The van der Waals surface area contributed by atoms with Crippen LogP contribution >= 0.6 is 15.9 Å². The van der Waals surface area contributed by atoms with Crippen molar-refractivity contribution in [2.24, 2.45) is 0 Å². The van der Waals surface area contributed by atoms with Gasteiger partial charge in [-0.1, -0.05) is 87.2 Å². The number of nitrogens with zero attached hydrogens (tertiary/aromatic N) is 1. The van der Waals surface area contributed by atoms with Gasteiger partial charge in [0.05, 0.1) is 11.0 Å². The van der Waals surface area contributed by atoms with Crippen LogP contribution in [0.4, 0.5) is 0 Å². The standard InChI is InChI=1S/C24H18BrNO.2C2H6/c1-3-7-18-15(2)27-24-14-20-19-11-10-16(25)12-22(19)26(23(20)13-21(18)24)17-8-5-4-6-9-17;2*1-2/h3-5,7-8,10-14H,1-2,6,9H2;2*1-2H3/b18-7+;;. The Balaban J connectivity index is 0.000000645. The summed E-state index contributed by atoms with van der Waals surface area (Å²) in [6, 6.07) is 10.8. The fourth-order valence-electron chi connectivity index (χ4n) is 4.04. The van der Waals surface area contributed by atoms with E-state index in [2.05, 4.69) is 82.2 Å². The van der Waals surface area contributed by atoms with Crippen LogP contribution in [0.25, 0.3) is 51.1 Å². The van der Waals surface area contributed by atoms with Crippen LogP contribution in [0.2, 0.25) is 0 Å². The Bertz CT molecular complexity index is 1410. The molecule has 0 amide bonds. The molecule has 0 fully saturated rings. The van der Waals surface area contributed by atoms with Gasteiger partial charge >= 0.3 is 0 Å². The van der Waals surface area contributed by atoms with E-state index in [1.807, 2.05) is 33.8 Å². The van der Waals surface area contributed by atoms with Gasteiger partial charge < -0.3 is 8.98 Å². The van der Waals surface area contributed by atoms with Crippen LogP contribution in [-0.2, 0) is 0 Å². The van der Waals surface area contributed by atoms with Crippen LogP contribution in [0.15, 0.2) is 70.1 Å². The maximum absolute atomic E-state index is 5.95. The number of furan rings is 1. The van der Waals surface area contributed by atoms with E-state index in [9.17, 15) is 0 Å². The maximum Gasteiger partial charge on any atom is 0.136 e. The summed E-state index contributed by atoms with van der Waals surface area (Å²) in [5.41, 5.74) is 5.24. The van der Waals surface area contributed by atoms with E-state index in [0.29, 0.717) is 5.42 Å². The molecule has 4 aromatic rings. The molecule has 2 aromatic carbocycles. The molecule has 5 rings (SSSR count). The van der Waals surface area contributed by atoms with Crippen LogP contribution < -0.4 is 10.6 Å². The number of hydrogen-bond donors (Lipinski definition) is 0. The fraction of sp³-hybridized carbons (Fsp3) is 0.214. The van der Waals surface area contributed by atoms with Gasteiger partial charge in [-0.3, -0.25) is 0 Å². The molecular weight excluding hydrogens is 446 g/mol. The zero-order valence-corrected chi connectivity index (χ0v) is 20.4. The van der Waals surface area contributed by atoms with E-state index in [1.165, 1.54) is 27.5 Å². The predicted molar refractivity (Wildman–Crippen MR) is 142 cm³/mol. The minimum atomic E-state index is 0.677. The normalized spacial score (nSPS) is 13.6. The van der Waals surface area contributed by atoms with Gasteiger partial charge in [0.1, 0.15) is 11.0 Å². The lowest BCUT2D eigenvalue weighted by molar-refractivity contribution is 0.578. The van der Waals surface area contributed by atoms with E-state index in [-0.39, 0.29) is 0 Å². The molecule has 160 valence electrons. The van der Waals surface area contributed by atoms with Gasteiger partial charge in [0.15, 0.2) is 0 Å². The number of fused-ring (bicyclic) bond motifs is 4. The Morgan fingerprint density at radius 2 is 1.74 bits per heavy atom. The number of benzene rings is 2. The second-order valence-corrected chi connectivity index (χ2v) is 7.74. The van der Waals surface area contributed by atoms with E-state index in [0.717, 1.165) is 33.5 Å². The summed E-state index contributed by atoms with van der Waals surface area (Å²) in [7, 11) is 0. The molecule has 0 N–H and O–H groups in total. The second-order valence-electron chi connectivity index (χ2n) is 6.83. The molecule has 2 aromatic heterocycles. The van der Waals surface area contributed by atoms with Crippen LogP contribution in [0.3, 0.4) is 0 Å². The van der Waals surface area contributed by atoms with Gasteiger partial charge in [-0.05, 0) is 43.2 Å². The molecule has 0 unspecified atom stereocenters. The van der Waals surface area contributed by atoms with Gasteiger partial charge in [-0.15, -0.1) is 0 Å². The van der Waals surface area contributed by atoms with Gasteiger partial charge in [0.25, 0.3) is 0 Å². The van der Waals surface area contributed by atoms with Crippen molar-refractivity contribution in [3.8, 4) is 0 Å². The molecule has 2 nitrogen and oxygen atoms in total. The van der Waals surface area contributed by atoms with Crippen molar-refractivity contribution >= 4 is 67.1 Å². The van der Waals surface area contributed by atoms with E-state index in [1.54, 1.807) is 6.08 Å². The van der Waals surface area contributed by atoms with E-state index in [4.69, 9.17) is 4.42 Å². The summed E-state index contributed by atoms with van der Waals surface area (Å²) in [4.78, 5) is 0. The van der Waals surface area contributed by atoms with Crippen LogP contribution in [-0.4, -0.2) is 4.57 Å². The Morgan fingerprint density at radius 3 is 2.42 bits per heavy atom. The molecule has 31 heavy (non-hydrogen) atoms. The summed E-state index contributed by atoms with van der Waals surface area (Å²) in [6.07, 6.45) is 12.4. The molecule has 0 atom stereocenters. The third-order valence-electron chi connectivity index (χ3n) is 5.22.